The van der Waals surface area contributed by atoms with Gasteiger partial charge in [0, 0.05) is 12.8 Å². The van der Waals surface area contributed by atoms with Gasteiger partial charge < -0.3 is 9.84 Å². The number of hydrogen-bond donors (Lipinski definition) is 1. The number of carbonyl (C=O) groups is 2. The number of esters is 1. The van der Waals surface area contributed by atoms with Gasteiger partial charge in [0.05, 0.1) is 0 Å². The molecular formula is C7H11ClO4. The van der Waals surface area contributed by atoms with Crippen molar-refractivity contribution in [2.75, 3.05) is 5.88 Å². The SMILES string of the molecule is CC(=O)OC(CCCCl)C(=O)O. The summed E-state index contributed by atoms with van der Waals surface area (Å²) in [5, 5.41) is 8.53. The Morgan fingerprint density at radius 1 is 1.58 bits per heavy atom. The molecule has 0 bridgehead atoms. The van der Waals surface area contributed by atoms with Crippen LogP contribution in [0.2, 0.25) is 0 Å². The first-order valence-electron chi connectivity index (χ1n) is 3.54. The van der Waals surface area contributed by atoms with Gasteiger partial charge in [0.15, 0.2) is 6.10 Å². The van der Waals surface area contributed by atoms with Crippen LogP contribution < -0.4 is 0 Å². The van der Waals surface area contributed by atoms with Gasteiger partial charge in [-0.15, -0.1) is 11.6 Å². The van der Waals surface area contributed by atoms with Crippen LogP contribution in [0.5, 0.6) is 0 Å². The standard InChI is InChI=1S/C7H11ClO4/c1-5(9)12-6(7(10)11)3-2-4-8/h6H,2-4H2,1H3,(H,10,11). The third kappa shape index (κ3) is 4.96. The molecule has 5 heteroatoms. The van der Waals surface area contributed by atoms with E-state index < -0.39 is 18.0 Å². The molecule has 1 atom stereocenters. The average Bonchev–Trinajstić information content (AvgIpc) is 1.96. The van der Waals surface area contributed by atoms with Crippen molar-refractivity contribution >= 4 is 23.5 Å². The molecule has 4 nitrogen and oxygen atoms in total. The van der Waals surface area contributed by atoms with Crippen LogP contribution in [0.1, 0.15) is 19.8 Å². The predicted molar refractivity (Wildman–Crippen MR) is 43.1 cm³/mol. The summed E-state index contributed by atoms with van der Waals surface area (Å²) in [4.78, 5) is 20.8. The van der Waals surface area contributed by atoms with Gasteiger partial charge in [-0.1, -0.05) is 0 Å². The molecule has 0 aromatic heterocycles. The van der Waals surface area contributed by atoms with Gasteiger partial charge in [0.25, 0.3) is 0 Å². The lowest BCUT2D eigenvalue weighted by molar-refractivity contribution is -0.162. The van der Waals surface area contributed by atoms with Crippen molar-refractivity contribution in [2.45, 2.75) is 25.9 Å². The Morgan fingerprint density at radius 2 is 2.17 bits per heavy atom. The number of hydrogen-bond acceptors (Lipinski definition) is 3. The van der Waals surface area contributed by atoms with Gasteiger partial charge in [-0.2, -0.15) is 0 Å². The van der Waals surface area contributed by atoms with Gasteiger partial charge in [-0.25, -0.2) is 4.79 Å². The molecule has 0 amide bonds. The van der Waals surface area contributed by atoms with E-state index in [1.54, 1.807) is 0 Å². The number of ether oxygens (including phenoxy) is 1. The molecule has 0 fully saturated rings. The molecule has 0 aromatic carbocycles. The zero-order valence-corrected chi connectivity index (χ0v) is 7.50. The van der Waals surface area contributed by atoms with E-state index in [0.717, 1.165) is 0 Å². The van der Waals surface area contributed by atoms with Crippen molar-refractivity contribution < 1.29 is 19.4 Å². The summed E-state index contributed by atoms with van der Waals surface area (Å²) in [5.74, 6) is -1.35. The number of carboxylic acids is 1. The quantitative estimate of drug-likeness (QED) is 0.524. The van der Waals surface area contributed by atoms with E-state index >= 15 is 0 Å². The third-order valence-electron chi connectivity index (χ3n) is 1.18. The fraction of sp³-hybridized carbons (Fsp3) is 0.714. The monoisotopic (exact) mass is 194 g/mol. The fourth-order valence-corrected chi connectivity index (χ4v) is 0.850. The first-order valence-corrected chi connectivity index (χ1v) is 4.07. The molecule has 12 heavy (non-hydrogen) atoms. The number of halogens is 1. The first kappa shape index (κ1) is 11.2. The van der Waals surface area contributed by atoms with Crippen LogP contribution in [-0.4, -0.2) is 29.0 Å². The zero-order valence-electron chi connectivity index (χ0n) is 6.75. The molecular weight excluding hydrogens is 184 g/mol. The molecule has 0 radical (unpaired) electrons. The van der Waals surface area contributed by atoms with Crippen molar-refractivity contribution in [3.8, 4) is 0 Å². The molecule has 70 valence electrons. The molecule has 1 N–H and O–H groups in total. The predicted octanol–water partition coefficient (Wildman–Crippen LogP) is 1.02. The normalized spacial score (nSPS) is 12.2. The second kappa shape index (κ2) is 5.83. The van der Waals surface area contributed by atoms with Crippen LogP contribution in [0.25, 0.3) is 0 Å². The zero-order chi connectivity index (χ0) is 9.56. The Balaban J connectivity index is 3.87. The van der Waals surface area contributed by atoms with Crippen LogP contribution in [0, 0.1) is 0 Å². The summed E-state index contributed by atoms with van der Waals surface area (Å²) in [7, 11) is 0. The van der Waals surface area contributed by atoms with Crippen LogP contribution in [0.15, 0.2) is 0 Å². The first-order chi connectivity index (χ1) is 5.57. The molecule has 0 aliphatic rings. The molecule has 0 aliphatic heterocycles. The molecule has 0 spiro atoms. The molecule has 0 aromatic rings. The van der Waals surface area contributed by atoms with E-state index in [1.165, 1.54) is 6.92 Å². The van der Waals surface area contributed by atoms with Crippen molar-refractivity contribution in [3.63, 3.8) is 0 Å². The topological polar surface area (TPSA) is 63.6 Å². The van der Waals surface area contributed by atoms with E-state index in [4.69, 9.17) is 16.7 Å². The second-order valence-electron chi connectivity index (χ2n) is 2.27. The largest absolute Gasteiger partial charge is 0.479 e. The second-order valence-corrected chi connectivity index (χ2v) is 2.65. The third-order valence-corrected chi connectivity index (χ3v) is 1.45. The van der Waals surface area contributed by atoms with Gasteiger partial charge >= 0.3 is 11.9 Å². The highest BCUT2D eigenvalue weighted by atomic mass is 35.5. The van der Waals surface area contributed by atoms with Gasteiger partial charge in [0.1, 0.15) is 0 Å². The number of rotatable bonds is 5. The summed E-state index contributed by atoms with van der Waals surface area (Å²) >= 11 is 5.35. The van der Waals surface area contributed by atoms with Crippen molar-refractivity contribution in [2.24, 2.45) is 0 Å². The summed E-state index contributed by atoms with van der Waals surface area (Å²) in [6.07, 6.45) is -0.272. The molecule has 0 saturated heterocycles. The van der Waals surface area contributed by atoms with Crippen LogP contribution >= 0.6 is 11.6 Å². The Bertz CT molecular complexity index is 169. The minimum absolute atomic E-state index is 0.262. The molecule has 0 rings (SSSR count). The molecule has 0 aliphatic carbocycles. The Labute approximate surface area is 75.5 Å². The smallest absolute Gasteiger partial charge is 0.345 e. The minimum Gasteiger partial charge on any atom is -0.479 e. The molecule has 1 unspecified atom stereocenters. The maximum Gasteiger partial charge on any atom is 0.345 e. The van der Waals surface area contributed by atoms with E-state index in [9.17, 15) is 9.59 Å². The lowest BCUT2D eigenvalue weighted by Crippen LogP contribution is -2.25. The van der Waals surface area contributed by atoms with Gasteiger partial charge in [-0.3, -0.25) is 4.79 Å². The van der Waals surface area contributed by atoms with Gasteiger partial charge in [0.2, 0.25) is 0 Å². The summed E-state index contributed by atoms with van der Waals surface area (Å²) in [6.45, 7) is 1.18. The van der Waals surface area contributed by atoms with Crippen LogP contribution in [0.3, 0.4) is 0 Å². The average molecular weight is 195 g/mol. The number of alkyl halides is 1. The number of aliphatic carboxylic acids is 1. The summed E-state index contributed by atoms with van der Waals surface area (Å²) in [5.41, 5.74) is 0. The lowest BCUT2D eigenvalue weighted by atomic mass is 10.2. The summed E-state index contributed by atoms with van der Waals surface area (Å²) in [6, 6.07) is 0. The number of carboxylic acid groups (broad SMARTS) is 1. The maximum atomic E-state index is 10.4. The fourth-order valence-electron chi connectivity index (χ4n) is 0.696. The Kier molecular flexibility index (Phi) is 5.45. The van der Waals surface area contributed by atoms with Crippen LogP contribution in [0.4, 0.5) is 0 Å². The van der Waals surface area contributed by atoms with Crippen LogP contribution in [-0.2, 0) is 14.3 Å². The molecule has 0 heterocycles. The van der Waals surface area contributed by atoms with E-state index in [2.05, 4.69) is 4.74 Å². The Hall–Kier alpha value is -0.770. The Morgan fingerprint density at radius 3 is 2.50 bits per heavy atom. The van der Waals surface area contributed by atoms with Gasteiger partial charge in [-0.05, 0) is 12.8 Å². The molecule has 0 saturated carbocycles. The highest BCUT2D eigenvalue weighted by molar-refractivity contribution is 6.17. The van der Waals surface area contributed by atoms with Crippen molar-refractivity contribution in [3.05, 3.63) is 0 Å². The van der Waals surface area contributed by atoms with E-state index in [-0.39, 0.29) is 6.42 Å². The van der Waals surface area contributed by atoms with E-state index in [0.29, 0.717) is 12.3 Å². The highest BCUT2D eigenvalue weighted by Crippen LogP contribution is 2.04. The van der Waals surface area contributed by atoms with E-state index in [1.807, 2.05) is 0 Å². The van der Waals surface area contributed by atoms with Crippen molar-refractivity contribution in [1.29, 1.82) is 0 Å². The maximum absolute atomic E-state index is 10.4. The lowest BCUT2D eigenvalue weighted by Gasteiger charge is -2.10. The summed E-state index contributed by atoms with van der Waals surface area (Å²) < 4.78 is 4.52. The van der Waals surface area contributed by atoms with Crippen molar-refractivity contribution in [1.82, 2.24) is 0 Å². The highest BCUT2D eigenvalue weighted by Gasteiger charge is 2.19. The minimum atomic E-state index is -1.13. The number of carbonyl (C=O) groups excluding carboxylic acids is 1.